The van der Waals surface area contributed by atoms with E-state index in [1.807, 2.05) is 30.3 Å². The molecular formula is C26H21N3O2S. The Balaban J connectivity index is 1.38. The van der Waals surface area contributed by atoms with Crippen molar-refractivity contribution >= 4 is 33.5 Å². The fraction of sp³-hybridized carbons (Fsp3) is 0.192. The summed E-state index contributed by atoms with van der Waals surface area (Å²) < 4.78 is 7.75. The summed E-state index contributed by atoms with van der Waals surface area (Å²) in [6.45, 7) is 0.753. The van der Waals surface area contributed by atoms with Crippen molar-refractivity contribution in [3.63, 3.8) is 0 Å². The van der Waals surface area contributed by atoms with Gasteiger partial charge >= 0.3 is 5.63 Å². The van der Waals surface area contributed by atoms with E-state index < -0.39 is 0 Å². The van der Waals surface area contributed by atoms with Crippen molar-refractivity contribution in [1.82, 2.24) is 14.8 Å². The second kappa shape index (κ2) is 7.95. The Kier molecular flexibility index (Phi) is 4.80. The minimum atomic E-state index is -0.326. The molecule has 2 heterocycles. The van der Waals surface area contributed by atoms with Crippen LogP contribution in [0.3, 0.4) is 0 Å². The number of aromatic nitrogens is 3. The van der Waals surface area contributed by atoms with Gasteiger partial charge in [0.05, 0.1) is 6.54 Å². The SMILES string of the molecule is O=c1cc(CSc2nnc(C3CC3)n2Cc2ccccc2)c2c(ccc3ccccc32)o1. The highest BCUT2D eigenvalue weighted by Crippen LogP contribution is 2.40. The summed E-state index contributed by atoms with van der Waals surface area (Å²) in [7, 11) is 0. The first-order chi connectivity index (χ1) is 15.8. The van der Waals surface area contributed by atoms with Gasteiger partial charge < -0.3 is 8.98 Å². The van der Waals surface area contributed by atoms with Crippen LogP contribution in [-0.4, -0.2) is 14.8 Å². The Hall–Kier alpha value is -3.38. The third-order valence-corrected chi connectivity index (χ3v) is 6.96. The molecule has 2 aromatic heterocycles. The van der Waals surface area contributed by atoms with E-state index in [-0.39, 0.29) is 5.63 Å². The maximum Gasteiger partial charge on any atom is 0.336 e. The number of benzene rings is 3. The van der Waals surface area contributed by atoms with Gasteiger partial charge in [-0.15, -0.1) is 10.2 Å². The van der Waals surface area contributed by atoms with Gasteiger partial charge in [-0.3, -0.25) is 0 Å². The fourth-order valence-corrected chi connectivity index (χ4v) is 5.17. The highest BCUT2D eigenvalue weighted by Gasteiger charge is 2.30. The normalized spacial score (nSPS) is 13.8. The number of hydrogen-bond acceptors (Lipinski definition) is 5. The molecule has 32 heavy (non-hydrogen) atoms. The molecule has 0 aliphatic heterocycles. The lowest BCUT2D eigenvalue weighted by molar-refractivity contribution is 0.560. The molecule has 1 aliphatic carbocycles. The second-order valence-corrected chi connectivity index (χ2v) is 9.17. The predicted molar refractivity (Wildman–Crippen MR) is 127 cm³/mol. The van der Waals surface area contributed by atoms with Crippen LogP contribution < -0.4 is 5.63 Å². The van der Waals surface area contributed by atoms with Gasteiger partial charge in [0.1, 0.15) is 11.4 Å². The zero-order chi connectivity index (χ0) is 21.5. The summed E-state index contributed by atoms with van der Waals surface area (Å²) in [4.78, 5) is 12.3. The molecule has 0 radical (unpaired) electrons. The molecule has 1 aliphatic rings. The van der Waals surface area contributed by atoms with Gasteiger partial charge in [-0.1, -0.05) is 72.4 Å². The summed E-state index contributed by atoms with van der Waals surface area (Å²) in [5.41, 5.74) is 2.48. The van der Waals surface area contributed by atoms with E-state index in [4.69, 9.17) is 4.42 Å². The molecule has 1 saturated carbocycles. The van der Waals surface area contributed by atoms with Gasteiger partial charge in [0, 0.05) is 23.1 Å². The standard InChI is InChI=1S/C26H21N3O2S/c30-23-14-20(24-21-9-5-4-8-18(21)12-13-22(24)31-23)16-32-26-28-27-25(19-10-11-19)29(26)15-17-6-2-1-3-7-17/h1-9,12-14,19H,10-11,15-16H2. The molecule has 1 fully saturated rings. The molecule has 0 bridgehead atoms. The lowest BCUT2D eigenvalue weighted by Gasteiger charge is -2.11. The maximum atomic E-state index is 12.3. The Bertz CT molecular complexity index is 1490. The van der Waals surface area contributed by atoms with Crippen molar-refractivity contribution in [1.29, 1.82) is 0 Å². The van der Waals surface area contributed by atoms with Crippen LogP contribution >= 0.6 is 11.8 Å². The Morgan fingerprint density at radius 1 is 0.969 bits per heavy atom. The van der Waals surface area contributed by atoms with Crippen molar-refractivity contribution in [3.05, 3.63) is 100 Å². The first-order valence-corrected chi connectivity index (χ1v) is 11.8. The van der Waals surface area contributed by atoms with Crippen molar-refractivity contribution < 1.29 is 4.42 Å². The molecule has 6 rings (SSSR count). The van der Waals surface area contributed by atoms with E-state index in [2.05, 4.69) is 51.2 Å². The monoisotopic (exact) mass is 439 g/mol. The first kappa shape index (κ1) is 19.3. The quantitative estimate of drug-likeness (QED) is 0.191. The van der Waals surface area contributed by atoms with Crippen LogP contribution in [0, 0.1) is 0 Å². The maximum absolute atomic E-state index is 12.3. The van der Waals surface area contributed by atoms with Crippen LogP contribution in [0.5, 0.6) is 0 Å². The molecule has 0 atom stereocenters. The molecule has 3 aromatic carbocycles. The predicted octanol–water partition coefficient (Wildman–Crippen LogP) is 5.76. The highest BCUT2D eigenvalue weighted by molar-refractivity contribution is 7.98. The molecule has 5 aromatic rings. The lowest BCUT2D eigenvalue weighted by atomic mass is 10.0. The number of rotatable bonds is 6. The minimum Gasteiger partial charge on any atom is -0.423 e. The Morgan fingerprint density at radius 2 is 1.78 bits per heavy atom. The second-order valence-electron chi connectivity index (χ2n) is 8.23. The van der Waals surface area contributed by atoms with Crippen LogP contribution in [0.15, 0.2) is 87.2 Å². The van der Waals surface area contributed by atoms with Crippen molar-refractivity contribution in [2.24, 2.45) is 0 Å². The van der Waals surface area contributed by atoms with E-state index in [1.54, 1.807) is 17.8 Å². The van der Waals surface area contributed by atoms with Gasteiger partial charge in [0.2, 0.25) is 0 Å². The smallest absolute Gasteiger partial charge is 0.336 e. The molecule has 5 nitrogen and oxygen atoms in total. The molecule has 0 unspecified atom stereocenters. The molecule has 158 valence electrons. The van der Waals surface area contributed by atoms with Crippen LogP contribution in [0.2, 0.25) is 0 Å². The zero-order valence-electron chi connectivity index (χ0n) is 17.4. The topological polar surface area (TPSA) is 60.9 Å². The largest absolute Gasteiger partial charge is 0.423 e. The van der Waals surface area contributed by atoms with Gasteiger partial charge in [0.15, 0.2) is 5.16 Å². The van der Waals surface area contributed by atoms with Gasteiger partial charge in [0.25, 0.3) is 0 Å². The number of nitrogens with zero attached hydrogens (tertiary/aromatic N) is 3. The average molecular weight is 440 g/mol. The molecule has 0 amide bonds. The van der Waals surface area contributed by atoms with Crippen LogP contribution in [0.25, 0.3) is 21.7 Å². The van der Waals surface area contributed by atoms with Crippen molar-refractivity contribution in [3.8, 4) is 0 Å². The van der Waals surface area contributed by atoms with Crippen LogP contribution in [0.4, 0.5) is 0 Å². The Morgan fingerprint density at radius 3 is 2.62 bits per heavy atom. The molecule has 6 heteroatoms. The fourth-order valence-electron chi connectivity index (χ4n) is 4.24. The molecule has 0 spiro atoms. The van der Waals surface area contributed by atoms with Crippen molar-refractivity contribution in [2.45, 2.75) is 36.2 Å². The summed E-state index contributed by atoms with van der Waals surface area (Å²) in [6.07, 6.45) is 2.35. The van der Waals surface area contributed by atoms with E-state index in [0.29, 0.717) is 17.3 Å². The number of thioether (sulfide) groups is 1. The average Bonchev–Trinajstić information content (AvgIpc) is 3.59. The molecule has 0 saturated heterocycles. The van der Waals surface area contributed by atoms with Gasteiger partial charge in [-0.05, 0) is 40.8 Å². The van der Waals surface area contributed by atoms with E-state index in [9.17, 15) is 4.79 Å². The van der Waals surface area contributed by atoms with Crippen LogP contribution in [0.1, 0.15) is 35.7 Å². The molecule has 0 N–H and O–H groups in total. The lowest BCUT2D eigenvalue weighted by Crippen LogP contribution is -2.06. The van der Waals surface area contributed by atoms with Crippen molar-refractivity contribution in [2.75, 3.05) is 0 Å². The van der Waals surface area contributed by atoms with Gasteiger partial charge in [-0.2, -0.15) is 0 Å². The number of hydrogen-bond donors (Lipinski definition) is 0. The zero-order valence-corrected chi connectivity index (χ0v) is 18.2. The summed E-state index contributed by atoms with van der Waals surface area (Å²) in [5.74, 6) is 2.20. The number of fused-ring (bicyclic) bond motifs is 3. The summed E-state index contributed by atoms with van der Waals surface area (Å²) in [6, 6.07) is 24.1. The van der Waals surface area contributed by atoms with Gasteiger partial charge in [-0.25, -0.2) is 4.79 Å². The summed E-state index contributed by atoms with van der Waals surface area (Å²) in [5, 5.41) is 13.2. The highest BCUT2D eigenvalue weighted by atomic mass is 32.2. The molecular weight excluding hydrogens is 418 g/mol. The summed E-state index contributed by atoms with van der Waals surface area (Å²) >= 11 is 1.63. The minimum absolute atomic E-state index is 0.326. The Labute approximate surface area is 189 Å². The first-order valence-electron chi connectivity index (χ1n) is 10.8. The van der Waals surface area contributed by atoms with Crippen LogP contribution in [-0.2, 0) is 12.3 Å². The van der Waals surface area contributed by atoms with E-state index >= 15 is 0 Å². The third-order valence-electron chi connectivity index (χ3n) is 5.94. The van der Waals surface area contributed by atoms with E-state index in [0.717, 1.165) is 39.2 Å². The van der Waals surface area contributed by atoms with E-state index in [1.165, 1.54) is 18.4 Å². The third kappa shape index (κ3) is 3.60.